The number of imidazole rings is 1. The minimum atomic E-state index is -0.311. The van der Waals surface area contributed by atoms with Crippen molar-refractivity contribution in [1.82, 2.24) is 9.55 Å². The molecule has 2 unspecified atom stereocenters. The number of aromatic nitrogens is 2. The summed E-state index contributed by atoms with van der Waals surface area (Å²) < 4.78 is 20.9. The zero-order valence-corrected chi connectivity index (χ0v) is 12.1. The molecule has 0 amide bonds. The molecule has 1 aromatic heterocycles. The van der Waals surface area contributed by atoms with Crippen LogP contribution in [0.5, 0.6) is 0 Å². The topological polar surface area (TPSA) is 27.1 Å². The molecule has 2 atom stereocenters. The minimum Gasteiger partial charge on any atom is -0.384 e. The second-order valence-corrected chi connectivity index (χ2v) is 5.52. The number of fused-ring (bicyclic) bond motifs is 1. The highest BCUT2D eigenvalue weighted by Gasteiger charge is 2.18. The molecule has 1 aromatic carbocycles. The molecule has 0 spiro atoms. The van der Waals surface area contributed by atoms with Crippen molar-refractivity contribution >= 4 is 22.6 Å². The van der Waals surface area contributed by atoms with Crippen molar-refractivity contribution < 1.29 is 9.13 Å². The van der Waals surface area contributed by atoms with Gasteiger partial charge in [-0.1, -0.05) is 13.0 Å². The van der Waals surface area contributed by atoms with E-state index in [9.17, 15) is 4.39 Å². The number of benzene rings is 1. The van der Waals surface area contributed by atoms with E-state index in [1.54, 1.807) is 13.2 Å². The molecule has 0 radical (unpaired) electrons. The van der Waals surface area contributed by atoms with Crippen LogP contribution in [0.4, 0.5) is 4.39 Å². The number of halogens is 2. The van der Waals surface area contributed by atoms with Crippen molar-refractivity contribution in [2.75, 3.05) is 13.7 Å². The first-order valence-corrected chi connectivity index (χ1v) is 6.76. The number of hydrogen-bond donors (Lipinski definition) is 0. The quantitative estimate of drug-likeness (QED) is 0.782. The molecule has 0 aliphatic carbocycles. The molecular weight excluding hydrogens is 267 g/mol. The Morgan fingerprint density at radius 2 is 2.16 bits per heavy atom. The van der Waals surface area contributed by atoms with Crippen molar-refractivity contribution in [3.63, 3.8) is 0 Å². The number of para-hydroxylation sites is 1. The number of methoxy groups -OCH3 is 1. The molecule has 0 bridgehead atoms. The summed E-state index contributed by atoms with van der Waals surface area (Å²) >= 11 is 6.16. The maximum atomic E-state index is 13.8. The number of ether oxygens (including phenoxy) is 1. The summed E-state index contributed by atoms with van der Waals surface area (Å²) in [4.78, 5) is 4.34. The third-order valence-electron chi connectivity index (χ3n) is 3.06. The molecule has 0 saturated carbocycles. The molecule has 0 fully saturated rings. The Balaban J connectivity index is 2.49. The number of nitrogens with zero attached hydrogens (tertiary/aromatic N) is 2. The van der Waals surface area contributed by atoms with Crippen LogP contribution in [-0.4, -0.2) is 23.3 Å². The predicted molar refractivity (Wildman–Crippen MR) is 75.0 cm³/mol. The van der Waals surface area contributed by atoms with Gasteiger partial charge in [0.15, 0.2) is 5.82 Å². The van der Waals surface area contributed by atoms with Gasteiger partial charge in [-0.2, -0.15) is 0 Å². The van der Waals surface area contributed by atoms with Crippen molar-refractivity contribution in [3.05, 3.63) is 29.8 Å². The van der Waals surface area contributed by atoms with E-state index in [2.05, 4.69) is 11.9 Å². The SMILES string of the molecule is COCC(C)Cn1c(C(C)Cl)nc2c(F)cccc21. The first-order valence-electron chi connectivity index (χ1n) is 6.32. The fourth-order valence-electron chi connectivity index (χ4n) is 2.28. The minimum absolute atomic E-state index is 0.262. The Hall–Kier alpha value is -1.13. The van der Waals surface area contributed by atoms with Crippen LogP contribution < -0.4 is 0 Å². The molecule has 2 rings (SSSR count). The van der Waals surface area contributed by atoms with Crippen LogP contribution in [0, 0.1) is 11.7 Å². The molecule has 0 saturated heterocycles. The highest BCUT2D eigenvalue weighted by Crippen LogP contribution is 2.26. The third-order valence-corrected chi connectivity index (χ3v) is 3.26. The van der Waals surface area contributed by atoms with Crippen LogP contribution in [0.3, 0.4) is 0 Å². The lowest BCUT2D eigenvalue weighted by Crippen LogP contribution is -2.15. The fourth-order valence-corrected chi connectivity index (χ4v) is 2.44. The maximum absolute atomic E-state index is 13.8. The lowest BCUT2D eigenvalue weighted by molar-refractivity contribution is 0.151. The van der Waals surface area contributed by atoms with Gasteiger partial charge < -0.3 is 9.30 Å². The number of alkyl halides is 1. The van der Waals surface area contributed by atoms with Gasteiger partial charge in [0.05, 0.1) is 17.5 Å². The van der Waals surface area contributed by atoms with E-state index >= 15 is 0 Å². The zero-order valence-electron chi connectivity index (χ0n) is 11.4. The summed E-state index contributed by atoms with van der Waals surface area (Å²) in [5.41, 5.74) is 1.17. The van der Waals surface area contributed by atoms with Crippen LogP contribution in [-0.2, 0) is 11.3 Å². The molecular formula is C14H18ClFN2O. The zero-order chi connectivity index (χ0) is 14.0. The standard InChI is InChI=1S/C14H18ClFN2O/c1-9(8-19-3)7-18-12-6-4-5-11(16)13(12)17-14(18)10(2)15/h4-6,9-10H,7-8H2,1-3H3. The summed E-state index contributed by atoms with van der Waals surface area (Å²) in [6.45, 7) is 5.28. The molecule has 104 valence electrons. The Morgan fingerprint density at radius 1 is 1.42 bits per heavy atom. The molecule has 3 nitrogen and oxygen atoms in total. The summed E-state index contributed by atoms with van der Waals surface area (Å²) in [6.07, 6.45) is 0. The van der Waals surface area contributed by atoms with Gasteiger partial charge in [-0.25, -0.2) is 9.37 Å². The second-order valence-electron chi connectivity index (χ2n) is 4.86. The normalized spacial score (nSPS) is 14.8. The summed E-state index contributed by atoms with van der Waals surface area (Å²) in [5, 5.41) is -0.262. The van der Waals surface area contributed by atoms with E-state index < -0.39 is 0 Å². The molecule has 2 aromatic rings. The van der Waals surface area contributed by atoms with Crippen LogP contribution in [0.25, 0.3) is 11.0 Å². The van der Waals surface area contributed by atoms with Gasteiger partial charge in [-0.15, -0.1) is 11.6 Å². The van der Waals surface area contributed by atoms with Crippen molar-refractivity contribution in [2.24, 2.45) is 5.92 Å². The number of hydrogen-bond acceptors (Lipinski definition) is 2. The van der Waals surface area contributed by atoms with Gasteiger partial charge in [0.2, 0.25) is 0 Å². The fraction of sp³-hybridized carbons (Fsp3) is 0.500. The Labute approximate surface area is 117 Å². The van der Waals surface area contributed by atoms with Gasteiger partial charge >= 0.3 is 0 Å². The highest BCUT2D eigenvalue weighted by atomic mass is 35.5. The van der Waals surface area contributed by atoms with E-state index in [4.69, 9.17) is 16.3 Å². The van der Waals surface area contributed by atoms with Gasteiger partial charge in [0, 0.05) is 13.7 Å². The average Bonchev–Trinajstić information content (AvgIpc) is 2.70. The van der Waals surface area contributed by atoms with E-state index in [0.717, 1.165) is 5.52 Å². The molecule has 0 aliphatic rings. The second kappa shape index (κ2) is 5.88. The maximum Gasteiger partial charge on any atom is 0.151 e. The predicted octanol–water partition coefficient (Wildman–Crippen LogP) is 3.76. The van der Waals surface area contributed by atoms with Crippen LogP contribution in [0.1, 0.15) is 25.0 Å². The van der Waals surface area contributed by atoms with E-state index in [-0.39, 0.29) is 11.2 Å². The number of rotatable bonds is 5. The van der Waals surface area contributed by atoms with Gasteiger partial charge in [-0.3, -0.25) is 0 Å². The monoisotopic (exact) mass is 284 g/mol. The average molecular weight is 285 g/mol. The largest absolute Gasteiger partial charge is 0.384 e. The molecule has 1 heterocycles. The van der Waals surface area contributed by atoms with Crippen LogP contribution in [0.2, 0.25) is 0 Å². The first-order chi connectivity index (χ1) is 9.04. The highest BCUT2D eigenvalue weighted by molar-refractivity contribution is 6.20. The summed E-state index contributed by atoms with van der Waals surface area (Å²) in [7, 11) is 1.67. The van der Waals surface area contributed by atoms with Gasteiger partial charge in [0.25, 0.3) is 0 Å². The summed E-state index contributed by atoms with van der Waals surface area (Å²) in [5.74, 6) is 0.693. The van der Waals surface area contributed by atoms with Gasteiger partial charge in [0.1, 0.15) is 11.3 Å². The van der Waals surface area contributed by atoms with E-state index in [0.29, 0.717) is 30.4 Å². The van der Waals surface area contributed by atoms with E-state index in [1.807, 2.05) is 17.6 Å². The lowest BCUT2D eigenvalue weighted by Gasteiger charge is -2.15. The summed E-state index contributed by atoms with van der Waals surface area (Å²) in [6, 6.07) is 4.98. The van der Waals surface area contributed by atoms with Gasteiger partial charge in [-0.05, 0) is 25.0 Å². The van der Waals surface area contributed by atoms with Crippen molar-refractivity contribution in [1.29, 1.82) is 0 Å². The smallest absolute Gasteiger partial charge is 0.151 e. The Bertz CT molecular complexity index is 568. The van der Waals surface area contributed by atoms with E-state index in [1.165, 1.54) is 6.07 Å². The third kappa shape index (κ3) is 2.90. The molecule has 0 N–H and O–H groups in total. The molecule has 19 heavy (non-hydrogen) atoms. The van der Waals surface area contributed by atoms with Crippen molar-refractivity contribution in [2.45, 2.75) is 25.8 Å². The molecule has 5 heteroatoms. The Morgan fingerprint density at radius 3 is 2.79 bits per heavy atom. The van der Waals surface area contributed by atoms with Crippen LogP contribution in [0.15, 0.2) is 18.2 Å². The molecule has 0 aliphatic heterocycles. The first kappa shape index (κ1) is 14.3. The Kier molecular flexibility index (Phi) is 4.42. The lowest BCUT2D eigenvalue weighted by atomic mass is 10.2. The van der Waals surface area contributed by atoms with Crippen LogP contribution >= 0.6 is 11.6 Å². The van der Waals surface area contributed by atoms with Crippen molar-refractivity contribution in [3.8, 4) is 0 Å².